The Hall–Kier alpha value is -4.35. The zero-order chi connectivity index (χ0) is 24.7. The summed E-state index contributed by atoms with van der Waals surface area (Å²) in [7, 11) is 1.59. The first kappa shape index (κ1) is 22.4. The highest BCUT2D eigenvalue weighted by atomic mass is 19.4. The largest absolute Gasteiger partial charge is 0.416 e. The molecule has 2 N–H and O–H groups in total. The highest BCUT2D eigenvalue weighted by Gasteiger charge is 2.31. The minimum Gasteiger partial charge on any atom is -0.369 e. The van der Waals surface area contributed by atoms with Crippen LogP contribution >= 0.6 is 0 Å². The van der Waals surface area contributed by atoms with Gasteiger partial charge >= 0.3 is 6.18 Å². The van der Waals surface area contributed by atoms with Gasteiger partial charge in [-0.25, -0.2) is 9.37 Å². The maximum atomic E-state index is 15.0. The maximum absolute atomic E-state index is 15.0. The number of anilines is 2. The fraction of sp³-hybridized carbons (Fsp3) is 0.174. The van der Waals surface area contributed by atoms with Crippen LogP contribution in [0.1, 0.15) is 16.1 Å². The number of aromatic nitrogens is 4. The van der Waals surface area contributed by atoms with Crippen molar-refractivity contribution in [2.75, 3.05) is 24.2 Å². The summed E-state index contributed by atoms with van der Waals surface area (Å²) >= 11 is 0. The lowest BCUT2D eigenvalue weighted by molar-refractivity contribution is -0.137. The van der Waals surface area contributed by atoms with Crippen LogP contribution in [0.3, 0.4) is 0 Å². The van der Waals surface area contributed by atoms with Crippen LogP contribution in [0.5, 0.6) is 0 Å². The molecule has 3 aliphatic heterocycles. The third-order valence-electron chi connectivity index (χ3n) is 5.53. The van der Waals surface area contributed by atoms with Gasteiger partial charge in [-0.05, 0) is 36.4 Å². The minimum atomic E-state index is -4.61. The van der Waals surface area contributed by atoms with E-state index >= 15 is 0 Å². The topological polar surface area (TPSA) is 97.1 Å². The molecule has 2 aromatic rings. The van der Waals surface area contributed by atoms with Crippen LogP contribution in [0.25, 0.3) is 22.5 Å². The molecule has 0 saturated heterocycles. The molecule has 0 spiro atoms. The Morgan fingerprint density at radius 2 is 1.97 bits per heavy atom. The molecule has 12 heteroatoms. The predicted molar refractivity (Wildman–Crippen MR) is 119 cm³/mol. The van der Waals surface area contributed by atoms with Gasteiger partial charge in [0.1, 0.15) is 23.2 Å². The number of pyridine rings is 2. The van der Waals surface area contributed by atoms with Crippen LogP contribution in [0.2, 0.25) is 0 Å². The Morgan fingerprint density at radius 1 is 1.14 bits per heavy atom. The summed E-state index contributed by atoms with van der Waals surface area (Å²) < 4.78 is 55.8. The number of alkyl halides is 3. The monoisotopic (exact) mass is 483 g/mol. The number of nitrogens with zero attached hydrogens (tertiary/aromatic N) is 5. The average Bonchev–Trinajstić information content (AvgIpc) is 3.34. The number of nitrogens with one attached hydrogen (secondary N) is 2. The normalized spacial score (nSPS) is 13.6. The quantitative estimate of drug-likeness (QED) is 0.432. The van der Waals surface area contributed by atoms with Gasteiger partial charge in [-0.1, -0.05) is 0 Å². The summed E-state index contributed by atoms with van der Waals surface area (Å²) in [5.74, 6) is -0.115. The highest BCUT2D eigenvalue weighted by Crippen LogP contribution is 2.38. The first-order valence-electron chi connectivity index (χ1n) is 10.5. The van der Waals surface area contributed by atoms with Gasteiger partial charge < -0.3 is 15.2 Å². The summed E-state index contributed by atoms with van der Waals surface area (Å²) in [4.78, 5) is 28.9. The zero-order valence-electron chi connectivity index (χ0n) is 18.2. The van der Waals surface area contributed by atoms with E-state index in [0.29, 0.717) is 47.5 Å². The second-order valence-electron chi connectivity index (χ2n) is 7.73. The van der Waals surface area contributed by atoms with Crippen LogP contribution in [0.15, 0.2) is 53.8 Å². The van der Waals surface area contributed by atoms with E-state index < -0.39 is 29.2 Å². The first-order valence-corrected chi connectivity index (χ1v) is 10.5. The smallest absolute Gasteiger partial charge is 0.369 e. The molecular weight excluding hydrogens is 466 g/mol. The van der Waals surface area contributed by atoms with Gasteiger partial charge in [0.05, 0.1) is 5.56 Å². The van der Waals surface area contributed by atoms with E-state index in [1.165, 1.54) is 18.2 Å². The van der Waals surface area contributed by atoms with Crippen molar-refractivity contribution in [1.29, 1.82) is 0 Å². The second kappa shape index (κ2) is 8.46. The fourth-order valence-electron chi connectivity index (χ4n) is 3.91. The van der Waals surface area contributed by atoms with Crippen molar-refractivity contribution in [2.45, 2.75) is 12.7 Å². The molecule has 1 aromatic heterocycles. The van der Waals surface area contributed by atoms with E-state index in [9.17, 15) is 22.4 Å². The third-order valence-corrected chi connectivity index (χ3v) is 5.53. The van der Waals surface area contributed by atoms with Gasteiger partial charge in [-0.2, -0.15) is 18.2 Å². The van der Waals surface area contributed by atoms with E-state index in [0.717, 1.165) is 12.3 Å². The molecule has 5 rings (SSSR count). The van der Waals surface area contributed by atoms with Crippen LogP contribution in [-0.2, 0) is 12.7 Å². The third kappa shape index (κ3) is 4.18. The van der Waals surface area contributed by atoms with Crippen LogP contribution < -0.4 is 16.3 Å². The number of hydrogen-bond acceptors (Lipinski definition) is 6. The molecule has 35 heavy (non-hydrogen) atoms. The molecule has 0 aliphatic carbocycles. The molecule has 0 bridgehead atoms. The Labute approximate surface area is 195 Å². The number of benzene rings is 1. The lowest BCUT2D eigenvalue weighted by Crippen LogP contribution is -2.17. The number of fused-ring (bicyclic) bond motifs is 3. The zero-order valence-corrected chi connectivity index (χ0v) is 18.2. The predicted octanol–water partition coefficient (Wildman–Crippen LogP) is 3.81. The van der Waals surface area contributed by atoms with Crippen molar-refractivity contribution in [3.05, 3.63) is 71.5 Å². The number of rotatable bonds is 3. The summed E-state index contributed by atoms with van der Waals surface area (Å²) in [6.07, 6.45) is -2.10. The van der Waals surface area contributed by atoms with Crippen molar-refractivity contribution in [3.63, 3.8) is 0 Å². The van der Waals surface area contributed by atoms with E-state index in [2.05, 4.69) is 30.6 Å². The van der Waals surface area contributed by atoms with Crippen molar-refractivity contribution < 1.29 is 22.4 Å². The molecule has 178 valence electrons. The van der Waals surface area contributed by atoms with Gasteiger partial charge in [-0.3, -0.25) is 14.8 Å². The first-order chi connectivity index (χ1) is 16.7. The van der Waals surface area contributed by atoms with Gasteiger partial charge in [0.25, 0.3) is 5.91 Å². The summed E-state index contributed by atoms with van der Waals surface area (Å²) in [5, 5.41) is 5.73. The Bertz CT molecular complexity index is 1500. The molecule has 0 saturated carbocycles. The number of carbonyl (C=O) groups excluding carboxylic acids is 1. The van der Waals surface area contributed by atoms with Crippen molar-refractivity contribution in [3.8, 4) is 22.5 Å². The van der Waals surface area contributed by atoms with Gasteiger partial charge in [0, 0.05) is 54.9 Å². The van der Waals surface area contributed by atoms with Crippen molar-refractivity contribution in [1.82, 2.24) is 19.5 Å². The second-order valence-corrected chi connectivity index (χ2v) is 7.73. The lowest BCUT2D eigenvalue weighted by Gasteiger charge is -2.18. The molecule has 3 aliphatic rings. The SMILES string of the molecule is CN=c1ncc2cc(-c3cc(NC(=O)c4cc(C(F)(F)F)ccn4)ccc3F)c3n(c-2n1)CCN3. The standard InChI is InChI=1S/C23H17F4N7O/c1-28-22-31-11-12-8-16(20-30-6-7-34(20)19(12)33-22)15-10-14(2-3-17(15)24)32-21(35)18-9-13(4-5-29-18)23(25,26)27/h2-5,8-11,30H,6-7H2,1H3,(H,32,35). The molecule has 4 heterocycles. The average molecular weight is 483 g/mol. The molecule has 0 atom stereocenters. The molecule has 8 nitrogen and oxygen atoms in total. The number of carbonyl (C=O) groups is 1. The van der Waals surface area contributed by atoms with E-state index in [1.807, 2.05) is 4.57 Å². The van der Waals surface area contributed by atoms with E-state index in [4.69, 9.17) is 0 Å². The maximum Gasteiger partial charge on any atom is 0.416 e. The van der Waals surface area contributed by atoms with Gasteiger partial charge in [0.15, 0.2) is 0 Å². The van der Waals surface area contributed by atoms with Gasteiger partial charge in [-0.15, -0.1) is 0 Å². The Kier molecular flexibility index (Phi) is 5.42. The van der Waals surface area contributed by atoms with E-state index in [-0.39, 0.29) is 11.3 Å². The molecular formula is C23H17F4N7O. The van der Waals surface area contributed by atoms with Gasteiger partial charge in [0.2, 0.25) is 5.62 Å². The highest BCUT2D eigenvalue weighted by molar-refractivity contribution is 6.03. The molecule has 1 aromatic carbocycles. The fourth-order valence-corrected chi connectivity index (χ4v) is 3.91. The summed E-state index contributed by atoms with van der Waals surface area (Å²) in [6.45, 7) is 1.20. The minimum absolute atomic E-state index is 0.184. The molecule has 0 radical (unpaired) electrons. The number of halogens is 4. The van der Waals surface area contributed by atoms with Crippen LogP contribution in [0.4, 0.5) is 29.1 Å². The summed E-state index contributed by atoms with van der Waals surface area (Å²) in [5.41, 5.74) is 0.485. The van der Waals surface area contributed by atoms with Crippen LogP contribution in [-0.4, -0.2) is 39.0 Å². The molecule has 0 unspecified atom stereocenters. The molecule has 0 fully saturated rings. The lowest BCUT2D eigenvalue weighted by atomic mass is 10.0. The van der Waals surface area contributed by atoms with Crippen molar-refractivity contribution in [2.24, 2.45) is 4.99 Å². The van der Waals surface area contributed by atoms with E-state index in [1.54, 1.807) is 19.3 Å². The Balaban J connectivity index is 1.54. The van der Waals surface area contributed by atoms with Crippen LogP contribution in [0, 0.1) is 5.82 Å². The van der Waals surface area contributed by atoms with Crippen molar-refractivity contribution >= 4 is 17.4 Å². The number of hydrogen-bond donors (Lipinski definition) is 2. The molecule has 1 amide bonds. The Morgan fingerprint density at radius 3 is 2.74 bits per heavy atom. The number of amides is 1. The summed E-state index contributed by atoms with van der Waals surface area (Å²) in [6, 6.07) is 7.09.